The van der Waals surface area contributed by atoms with Crippen LogP contribution < -0.4 is 5.32 Å². The maximum Gasteiger partial charge on any atom is 0.198 e. The minimum Gasteiger partial charge on any atom is -0.448 e. The first kappa shape index (κ1) is 10.3. The van der Waals surface area contributed by atoms with Crippen LogP contribution in [0.1, 0.15) is 36.3 Å². The van der Waals surface area contributed by atoms with Crippen LogP contribution in [-0.2, 0) is 0 Å². The van der Waals surface area contributed by atoms with Gasteiger partial charge < -0.3 is 14.6 Å². The molecule has 2 atom stereocenters. The molecular weight excluding hydrogens is 202 g/mol. The molecule has 0 radical (unpaired) electrons. The zero-order valence-electron chi connectivity index (χ0n) is 9.78. The number of aromatic nitrogens is 1. The van der Waals surface area contributed by atoms with Crippen molar-refractivity contribution >= 4 is 0 Å². The van der Waals surface area contributed by atoms with E-state index in [4.69, 9.17) is 4.42 Å². The highest BCUT2D eigenvalue weighted by atomic mass is 16.3. The molecule has 0 bridgehead atoms. The Morgan fingerprint density at radius 3 is 3.06 bits per heavy atom. The van der Waals surface area contributed by atoms with Gasteiger partial charge in [-0.05, 0) is 33.0 Å². The summed E-state index contributed by atoms with van der Waals surface area (Å²) in [5.41, 5.74) is 1.16. The number of likely N-dealkylation sites (tertiary alicyclic amines) is 1. The number of oxazole rings is 1. The van der Waals surface area contributed by atoms with Crippen molar-refractivity contribution in [1.82, 2.24) is 15.2 Å². The number of hydrogen-bond donors (Lipinski definition) is 1. The highest BCUT2D eigenvalue weighted by Crippen LogP contribution is 2.28. The van der Waals surface area contributed by atoms with Crippen LogP contribution in [0.2, 0.25) is 0 Å². The minimum atomic E-state index is 0.493. The van der Waals surface area contributed by atoms with E-state index in [2.05, 4.69) is 22.2 Å². The van der Waals surface area contributed by atoms with E-state index in [0.717, 1.165) is 37.6 Å². The van der Waals surface area contributed by atoms with Gasteiger partial charge in [-0.25, -0.2) is 4.98 Å². The number of nitrogens with zero attached hydrogens (tertiary/aromatic N) is 2. The maximum absolute atomic E-state index is 5.63. The molecule has 2 fully saturated rings. The summed E-state index contributed by atoms with van der Waals surface area (Å²) in [4.78, 5) is 7.03. The molecule has 1 aromatic rings. The molecule has 3 heterocycles. The van der Waals surface area contributed by atoms with E-state index in [1.165, 1.54) is 13.0 Å². The molecule has 88 valence electrons. The van der Waals surface area contributed by atoms with E-state index >= 15 is 0 Å². The lowest BCUT2D eigenvalue weighted by molar-refractivity contribution is 0.410. The molecular formula is C12H19N3O. The first-order valence-electron chi connectivity index (χ1n) is 6.17. The molecule has 3 rings (SSSR count). The second-order valence-corrected chi connectivity index (χ2v) is 5.05. The molecule has 2 saturated heterocycles. The molecule has 2 aliphatic rings. The summed E-state index contributed by atoms with van der Waals surface area (Å²) in [7, 11) is 2.17. The Bertz CT molecular complexity index is 357. The van der Waals surface area contributed by atoms with Crippen LogP contribution in [0, 0.1) is 0 Å². The quantitative estimate of drug-likeness (QED) is 0.814. The fourth-order valence-electron chi connectivity index (χ4n) is 2.72. The normalized spacial score (nSPS) is 31.3. The van der Waals surface area contributed by atoms with Crippen LogP contribution >= 0.6 is 0 Å². The maximum atomic E-state index is 5.63. The van der Waals surface area contributed by atoms with Crippen molar-refractivity contribution in [2.75, 3.05) is 33.2 Å². The molecule has 16 heavy (non-hydrogen) atoms. The molecule has 2 aliphatic heterocycles. The predicted molar refractivity (Wildman–Crippen MR) is 61.6 cm³/mol. The van der Waals surface area contributed by atoms with Gasteiger partial charge >= 0.3 is 0 Å². The SMILES string of the molecule is CN1CCC(c2coc(C3CCNC3)n2)C1. The van der Waals surface area contributed by atoms with Crippen molar-refractivity contribution in [1.29, 1.82) is 0 Å². The van der Waals surface area contributed by atoms with Crippen molar-refractivity contribution in [3.63, 3.8) is 0 Å². The van der Waals surface area contributed by atoms with E-state index in [0.29, 0.717) is 11.8 Å². The third-order valence-corrected chi connectivity index (χ3v) is 3.76. The van der Waals surface area contributed by atoms with Crippen LogP contribution in [0.25, 0.3) is 0 Å². The Labute approximate surface area is 96.0 Å². The van der Waals surface area contributed by atoms with E-state index in [9.17, 15) is 0 Å². The van der Waals surface area contributed by atoms with Crippen LogP contribution in [0.3, 0.4) is 0 Å². The summed E-state index contributed by atoms with van der Waals surface area (Å²) >= 11 is 0. The van der Waals surface area contributed by atoms with E-state index < -0.39 is 0 Å². The second kappa shape index (κ2) is 4.18. The molecule has 4 heteroatoms. The zero-order chi connectivity index (χ0) is 11.0. The highest BCUT2D eigenvalue weighted by Gasteiger charge is 2.26. The van der Waals surface area contributed by atoms with Crippen LogP contribution in [0.4, 0.5) is 0 Å². The largest absolute Gasteiger partial charge is 0.448 e. The predicted octanol–water partition coefficient (Wildman–Crippen LogP) is 1.17. The summed E-state index contributed by atoms with van der Waals surface area (Å²) in [6.45, 7) is 4.41. The van der Waals surface area contributed by atoms with E-state index in [1.54, 1.807) is 0 Å². The number of likely N-dealkylation sites (N-methyl/N-ethyl adjacent to an activating group) is 1. The van der Waals surface area contributed by atoms with Gasteiger partial charge in [-0.2, -0.15) is 0 Å². The van der Waals surface area contributed by atoms with Crippen molar-refractivity contribution < 1.29 is 4.42 Å². The summed E-state index contributed by atoms with van der Waals surface area (Å²) in [6.07, 6.45) is 4.24. The van der Waals surface area contributed by atoms with Crippen molar-refractivity contribution in [2.45, 2.75) is 24.7 Å². The van der Waals surface area contributed by atoms with Gasteiger partial charge in [0.1, 0.15) is 6.26 Å². The van der Waals surface area contributed by atoms with Gasteiger partial charge in [0.15, 0.2) is 5.89 Å². The average Bonchev–Trinajstić information content (AvgIpc) is 2.97. The molecule has 0 spiro atoms. The highest BCUT2D eigenvalue weighted by molar-refractivity contribution is 5.10. The number of rotatable bonds is 2. The number of hydrogen-bond acceptors (Lipinski definition) is 4. The first-order chi connectivity index (χ1) is 7.83. The van der Waals surface area contributed by atoms with Gasteiger partial charge in [0, 0.05) is 24.9 Å². The molecule has 0 aromatic carbocycles. The van der Waals surface area contributed by atoms with Gasteiger partial charge in [-0.15, -0.1) is 0 Å². The Kier molecular flexibility index (Phi) is 2.69. The van der Waals surface area contributed by atoms with Crippen molar-refractivity contribution in [3.05, 3.63) is 17.8 Å². The van der Waals surface area contributed by atoms with Gasteiger partial charge in [0.05, 0.1) is 5.69 Å². The number of nitrogens with one attached hydrogen (secondary N) is 1. The van der Waals surface area contributed by atoms with Crippen LogP contribution in [-0.4, -0.2) is 43.1 Å². The van der Waals surface area contributed by atoms with Crippen molar-refractivity contribution in [2.24, 2.45) is 0 Å². The summed E-state index contributed by atoms with van der Waals surface area (Å²) in [5, 5.41) is 3.35. The monoisotopic (exact) mass is 221 g/mol. The topological polar surface area (TPSA) is 41.3 Å². The third kappa shape index (κ3) is 1.87. The Balaban J connectivity index is 1.72. The fourth-order valence-corrected chi connectivity index (χ4v) is 2.72. The molecule has 4 nitrogen and oxygen atoms in total. The van der Waals surface area contributed by atoms with Gasteiger partial charge in [-0.3, -0.25) is 0 Å². The van der Waals surface area contributed by atoms with E-state index in [-0.39, 0.29) is 0 Å². The molecule has 1 aromatic heterocycles. The fraction of sp³-hybridized carbons (Fsp3) is 0.750. The lowest BCUT2D eigenvalue weighted by Gasteiger charge is -2.06. The lowest BCUT2D eigenvalue weighted by atomic mass is 10.1. The summed E-state index contributed by atoms with van der Waals surface area (Å²) in [5.74, 6) is 2.01. The van der Waals surface area contributed by atoms with Gasteiger partial charge in [0.2, 0.25) is 0 Å². The zero-order valence-corrected chi connectivity index (χ0v) is 9.78. The van der Waals surface area contributed by atoms with Gasteiger partial charge in [0.25, 0.3) is 0 Å². The van der Waals surface area contributed by atoms with Gasteiger partial charge in [-0.1, -0.05) is 0 Å². The Hall–Kier alpha value is -0.870. The molecule has 0 amide bonds. The Morgan fingerprint density at radius 2 is 2.38 bits per heavy atom. The minimum absolute atomic E-state index is 0.493. The van der Waals surface area contributed by atoms with Crippen LogP contribution in [0.5, 0.6) is 0 Å². The van der Waals surface area contributed by atoms with E-state index in [1.807, 2.05) is 6.26 Å². The first-order valence-corrected chi connectivity index (χ1v) is 6.17. The molecule has 0 saturated carbocycles. The second-order valence-electron chi connectivity index (χ2n) is 5.05. The average molecular weight is 221 g/mol. The van der Waals surface area contributed by atoms with Crippen LogP contribution in [0.15, 0.2) is 10.7 Å². The Morgan fingerprint density at radius 1 is 1.44 bits per heavy atom. The molecule has 1 N–H and O–H groups in total. The third-order valence-electron chi connectivity index (χ3n) is 3.76. The standard InChI is InChI=1S/C12H19N3O/c1-15-5-3-10(7-15)11-8-16-12(14-11)9-2-4-13-6-9/h8-10,13H,2-7H2,1H3. The molecule has 0 aliphatic carbocycles. The summed E-state index contributed by atoms with van der Waals surface area (Å²) in [6, 6.07) is 0. The summed E-state index contributed by atoms with van der Waals surface area (Å²) < 4.78 is 5.63. The van der Waals surface area contributed by atoms with Crippen molar-refractivity contribution in [3.8, 4) is 0 Å². The smallest absolute Gasteiger partial charge is 0.198 e. The lowest BCUT2D eigenvalue weighted by Crippen LogP contribution is -2.13. The molecule has 2 unspecified atom stereocenters.